The lowest BCUT2D eigenvalue weighted by molar-refractivity contribution is 0.0600. The van der Waals surface area contributed by atoms with Gasteiger partial charge in [0.2, 0.25) is 0 Å². The minimum absolute atomic E-state index is 0.0139. The Balaban J connectivity index is 2.52. The number of nitrogens with two attached hydrogens (primary N) is 1. The molecule has 0 atom stereocenters. The molecular weight excluding hydrogens is 363 g/mol. The number of hydrogen-bond acceptors (Lipinski definition) is 5. The van der Waals surface area contributed by atoms with Crippen LogP contribution in [0.25, 0.3) is 0 Å². The highest BCUT2D eigenvalue weighted by atomic mass is 35.5. The van der Waals surface area contributed by atoms with Crippen molar-refractivity contribution in [3.05, 3.63) is 52.0 Å². The quantitative estimate of drug-likeness (QED) is 0.632. The van der Waals surface area contributed by atoms with Gasteiger partial charge in [0.05, 0.1) is 34.1 Å². The van der Waals surface area contributed by atoms with E-state index in [1.165, 1.54) is 6.07 Å². The van der Waals surface area contributed by atoms with Gasteiger partial charge >= 0.3 is 5.97 Å². The van der Waals surface area contributed by atoms with E-state index in [4.69, 9.17) is 28.9 Å². The Morgan fingerprint density at radius 2 is 1.83 bits per heavy atom. The van der Waals surface area contributed by atoms with Crippen molar-refractivity contribution in [1.29, 1.82) is 0 Å². The first-order valence-corrected chi connectivity index (χ1v) is 8.45. The molecule has 122 valence electrons. The fourth-order valence-corrected chi connectivity index (χ4v) is 3.73. The van der Waals surface area contributed by atoms with E-state index in [2.05, 4.69) is 9.46 Å². The number of ether oxygens (including phenoxy) is 1. The van der Waals surface area contributed by atoms with Crippen LogP contribution in [0, 0.1) is 0 Å². The molecule has 0 aliphatic rings. The van der Waals surface area contributed by atoms with Crippen LogP contribution < -0.4 is 10.5 Å². The highest BCUT2D eigenvalue weighted by molar-refractivity contribution is 7.92. The van der Waals surface area contributed by atoms with E-state index in [1.807, 2.05) is 0 Å². The van der Waals surface area contributed by atoms with Crippen LogP contribution in [0.1, 0.15) is 10.4 Å². The van der Waals surface area contributed by atoms with E-state index in [0.717, 1.165) is 19.2 Å². The number of rotatable bonds is 4. The molecule has 0 fully saturated rings. The highest BCUT2D eigenvalue weighted by Gasteiger charge is 2.23. The van der Waals surface area contributed by atoms with E-state index >= 15 is 0 Å². The molecule has 0 aromatic heterocycles. The third-order valence-corrected chi connectivity index (χ3v) is 5.06. The van der Waals surface area contributed by atoms with Gasteiger partial charge in [-0.1, -0.05) is 35.3 Å². The summed E-state index contributed by atoms with van der Waals surface area (Å²) in [7, 11) is -2.92. The fraction of sp³-hybridized carbons (Fsp3) is 0.0714. The molecule has 23 heavy (non-hydrogen) atoms. The number of para-hydroxylation sites is 2. The zero-order valence-corrected chi connectivity index (χ0v) is 14.2. The molecule has 2 aromatic carbocycles. The summed E-state index contributed by atoms with van der Waals surface area (Å²) in [6.07, 6.45) is 0. The van der Waals surface area contributed by atoms with Gasteiger partial charge in [-0.05, 0) is 24.3 Å². The van der Waals surface area contributed by atoms with Crippen molar-refractivity contribution in [2.75, 3.05) is 17.6 Å². The Labute approximate surface area is 143 Å². The number of benzene rings is 2. The molecule has 0 bridgehead atoms. The summed E-state index contributed by atoms with van der Waals surface area (Å²) in [6, 6.07) is 8.55. The number of esters is 1. The average Bonchev–Trinajstić information content (AvgIpc) is 2.48. The summed E-state index contributed by atoms with van der Waals surface area (Å²) in [5, 5.41) is -0.148. The third kappa shape index (κ3) is 3.69. The lowest BCUT2D eigenvalue weighted by Crippen LogP contribution is -2.16. The van der Waals surface area contributed by atoms with E-state index in [0.29, 0.717) is 0 Å². The molecule has 0 radical (unpaired) electrons. The number of anilines is 2. The maximum Gasteiger partial charge on any atom is 0.339 e. The minimum Gasteiger partial charge on any atom is -0.465 e. The van der Waals surface area contributed by atoms with Crippen molar-refractivity contribution in [3.63, 3.8) is 0 Å². The van der Waals surface area contributed by atoms with E-state index in [1.54, 1.807) is 18.2 Å². The Kier molecular flexibility index (Phi) is 5.03. The lowest BCUT2D eigenvalue weighted by atomic mass is 10.2. The predicted octanol–water partition coefficient (Wildman–Crippen LogP) is 3.16. The number of carbonyl (C=O) groups is 1. The second-order valence-corrected chi connectivity index (χ2v) is 6.91. The lowest BCUT2D eigenvalue weighted by Gasteiger charge is -2.13. The number of nitrogen functional groups attached to an aromatic ring is 1. The molecule has 0 spiro atoms. The highest BCUT2D eigenvalue weighted by Crippen LogP contribution is 2.31. The summed E-state index contributed by atoms with van der Waals surface area (Å²) in [5.74, 6) is -0.776. The van der Waals surface area contributed by atoms with Crippen molar-refractivity contribution in [3.8, 4) is 0 Å². The SMILES string of the molecule is COC(=O)c1cc(S(=O)(=O)Nc2ccccc2N)c(Cl)cc1Cl. The Bertz CT molecular complexity index is 869. The van der Waals surface area contributed by atoms with Gasteiger partial charge in [-0.2, -0.15) is 0 Å². The summed E-state index contributed by atoms with van der Waals surface area (Å²) in [5.41, 5.74) is 6.04. The maximum atomic E-state index is 12.5. The number of halogens is 2. The zero-order chi connectivity index (χ0) is 17.2. The van der Waals surface area contributed by atoms with Crippen molar-refractivity contribution in [2.45, 2.75) is 4.90 Å². The molecule has 0 amide bonds. The summed E-state index contributed by atoms with van der Waals surface area (Å²) < 4.78 is 31.9. The van der Waals surface area contributed by atoms with Gasteiger partial charge in [-0.15, -0.1) is 0 Å². The Hall–Kier alpha value is -1.96. The molecule has 0 heterocycles. The van der Waals surface area contributed by atoms with Crippen molar-refractivity contribution in [1.82, 2.24) is 0 Å². The number of carbonyl (C=O) groups excluding carboxylic acids is 1. The molecule has 0 saturated heterocycles. The zero-order valence-electron chi connectivity index (χ0n) is 11.8. The first-order valence-electron chi connectivity index (χ1n) is 6.21. The summed E-state index contributed by atoms with van der Waals surface area (Å²) in [6.45, 7) is 0. The van der Waals surface area contributed by atoms with Crippen LogP contribution in [-0.4, -0.2) is 21.5 Å². The number of nitrogens with one attached hydrogen (secondary N) is 1. The molecule has 9 heteroatoms. The van der Waals surface area contributed by atoms with Gasteiger partial charge in [0.15, 0.2) is 0 Å². The van der Waals surface area contributed by atoms with Gasteiger partial charge in [-0.3, -0.25) is 4.72 Å². The van der Waals surface area contributed by atoms with Crippen molar-refractivity contribution >= 4 is 50.6 Å². The normalized spacial score (nSPS) is 11.1. The Morgan fingerprint density at radius 1 is 1.17 bits per heavy atom. The van der Waals surface area contributed by atoms with Crippen LogP contribution in [0.2, 0.25) is 10.0 Å². The predicted molar refractivity (Wildman–Crippen MR) is 89.5 cm³/mol. The van der Waals surface area contributed by atoms with Crippen LogP contribution >= 0.6 is 23.2 Å². The van der Waals surface area contributed by atoms with Gasteiger partial charge < -0.3 is 10.5 Å². The summed E-state index contributed by atoms with van der Waals surface area (Å²) >= 11 is 11.8. The smallest absolute Gasteiger partial charge is 0.339 e. The van der Waals surface area contributed by atoms with Crippen LogP contribution in [0.5, 0.6) is 0 Å². The molecule has 2 rings (SSSR count). The van der Waals surface area contributed by atoms with Crippen molar-refractivity contribution in [2.24, 2.45) is 0 Å². The topological polar surface area (TPSA) is 98.5 Å². The molecular formula is C14H12Cl2N2O4S. The van der Waals surface area contributed by atoms with E-state index in [9.17, 15) is 13.2 Å². The average molecular weight is 375 g/mol. The van der Waals surface area contributed by atoms with Crippen LogP contribution in [0.4, 0.5) is 11.4 Å². The van der Waals surface area contributed by atoms with E-state index in [-0.39, 0.29) is 31.9 Å². The minimum atomic E-state index is -4.08. The Morgan fingerprint density at radius 3 is 2.43 bits per heavy atom. The van der Waals surface area contributed by atoms with Gasteiger partial charge in [-0.25, -0.2) is 13.2 Å². The second kappa shape index (κ2) is 6.66. The number of methoxy groups -OCH3 is 1. The molecule has 0 saturated carbocycles. The van der Waals surface area contributed by atoms with Crippen molar-refractivity contribution < 1.29 is 17.9 Å². The molecule has 6 nitrogen and oxygen atoms in total. The van der Waals surface area contributed by atoms with Crippen LogP contribution in [-0.2, 0) is 14.8 Å². The molecule has 0 aliphatic carbocycles. The number of sulfonamides is 1. The first-order chi connectivity index (χ1) is 10.8. The van der Waals surface area contributed by atoms with Gasteiger partial charge in [0, 0.05) is 0 Å². The maximum absolute atomic E-state index is 12.5. The standard InChI is InChI=1S/C14H12Cl2N2O4S/c1-22-14(19)8-6-13(10(16)7-9(8)15)23(20,21)18-12-5-3-2-4-11(12)17/h2-7,18H,17H2,1H3. The number of hydrogen-bond donors (Lipinski definition) is 2. The van der Waals surface area contributed by atoms with E-state index < -0.39 is 16.0 Å². The summed E-state index contributed by atoms with van der Waals surface area (Å²) in [4.78, 5) is 11.3. The first kappa shape index (κ1) is 17.4. The largest absolute Gasteiger partial charge is 0.465 e. The second-order valence-electron chi connectivity index (χ2n) is 4.45. The molecule has 2 aromatic rings. The third-order valence-electron chi connectivity index (χ3n) is 2.92. The fourth-order valence-electron chi connectivity index (χ4n) is 1.79. The molecule has 3 N–H and O–H groups in total. The molecule has 0 aliphatic heterocycles. The monoisotopic (exact) mass is 374 g/mol. The van der Waals surface area contributed by atoms with Crippen LogP contribution in [0.15, 0.2) is 41.3 Å². The van der Waals surface area contributed by atoms with Gasteiger partial charge in [0.1, 0.15) is 4.90 Å². The van der Waals surface area contributed by atoms with Crippen LogP contribution in [0.3, 0.4) is 0 Å². The van der Waals surface area contributed by atoms with Gasteiger partial charge in [0.25, 0.3) is 10.0 Å². The molecule has 0 unspecified atom stereocenters.